The molecule has 0 atom stereocenters. The first-order valence-corrected chi connectivity index (χ1v) is 13.3. The molecule has 0 radical (unpaired) electrons. The number of ether oxygens (including phenoxy) is 4. The third-order valence-electron chi connectivity index (χ3n) is 5.91. The summed E-state index contributed by atoms with van der Waals surface area (Å²) in [6, 6.07) is 16.5. The highest BCUT2D eigenvalue weighted by Crippen LogP contribution is 2.36. The number of carbonyl (C=O) groups is 2. The number of methoxy groups -OCH3 is 2. The van der Waals surface area contributed by atoms with E-state index < -0.39 is 11.9 Å². The van der Waals surface area contributed by atoms with Gasteiger partial charge >= 0.3 is 11.9 Å². The molecular weight excluding hydrogens is 534 g/mol. The number of aliphatic carboxylic acids is 1. The molecule has 10 nitrogen and oxygen atoms in total. The minimum absolute atomic E-state index is 0.00536. The van der Waals surface area contributed by atoms with Gasteiger partial charge in [-0.3, -0.25) is 0 Å². The summed E-state index contributed by atoms with van der Waals surface area (Å²) in [5, 5.41) is 20.9. The summed E-state index contributed by atoms with van der Waals surface area (Å²) >= 11 is 0.969. The molecule has 11 heteroatoms. The molecule has 0 unspecified atom stereocenters. The predicted octanol–water partition coefficient (Wildman–Crippen LogP) is 5.30. The van der Waals surface area contributed by atoms with Gasteiger partial charge in [-0.15, -0.1) is 10.2 Å². The van der Waals surface area contributed by atoms with Crippen LogP contribution in [0.4, 0.5) is 0 Å². The lowest BCUT2D eigenvalue weighted by Crippen LogP contribution is -2.15. The Morgan fingerprint density at radius 2 is 1.73 bits per heavy atom. The fourth-order valence-electron chi connectivity index (χ4n) is 4.05. The molecule has 0 fully saturated rings. The van der Waals surface area contributed by atoms with Crippen LogP contribution in [0.5, 0.6) is 17.2 Å². The Morgan fingerprint density at radius 3 is 2.38 bits per heavy atom. The van der Waals surface area contributed by atoms with Crippen molar-refractivity contribution in [2.45, 2.75) is 25.5 Å². The summed E-state index contributed by atoms with van der Waals surface area (Å²) in [4.78, 5) is 24.4. The molecule has 1 aromatic heterocycles. The van der Waals surface area contributed by atoms with Gasteiger partial charge in [-0.2, -0.15) is 0 Å². The second-order valence-corrected chi connectivity index (χ2v) is 9.37. The normalized spacial score (nSPS) is 11.3. The van der Waals surface area contributed by atoms with Gasteiger partial charge in [-0.25, -0.2) is 9.59 Å². The number of hydrogen-bond acceptors (Lipinski definition) is 9. The van der Waals surface area contributed by atoms with Crippen molar-refractivity contribution in [3.8, 4) is 28.6 Å². The molecule has 0 saturated heterocycles. The zero-order valence-corrected chi connectivity index (χ0v) is 23.4. The first kappa shape index (κ1) is 28.5. The molecule has 0 bridgehead atoms. The van der Waals surface area contributed by atoms with E-state index in [0.29, 0.717) is 45.9 Å². The van der Waals surface area contributed by atoms with Gasteiger partial charge in [-0.1, -0.05) is 30.3 Å². The lowest BCUT2D eigenvalue weighted by Gasteiger charge is -2.13. The number of aromatic nitrogens is 3. The van der Waals surface area contributed by atoms with Crippen LogP contribution >= 0.6 is 11.8 Å². The quantitative estimate of drug-likeness (QED) is 0.138. The summed E-state index contributed by atoms with van der Waals surface area (Å²) in [6.07, 6.45) is 1.53. The van der Waals surface area contributed by atoms with E-state index in [1.54, 1.807) is 33.3 Å². The largest absolute Gasteiger partial charge is 0.497 e. The highest BCUT2D eigenvalue weighted by atomic mass is 32.2. The molecule has 0 saturated carbocycles. The van der Waals surface area contributed by atoms with Gasteiger partial charge in [0, 0.05) is 23.7 Å². The molecule has 0 aliphatic carbocycles. The summed E-state index contributed by atoms with van der Waals surface area (Å²) in [5.41, 5.74) is 1.23. The van der Waals surface area contributed by atoms with E-state index in [1.165, 1.54) is 6.08 Å². The van der Waals surface area contributed by atoms with Crippen LogP contribution in [0.15, 0.2) is 64.7 Å². The monoisotopic (exact) mass is 563 g/mol. The molecule has 0 spiro atoms. The van der Waals surface area contributed by atoms with Gasteiger partial charge in [0.15, 0.2) is 17.6 Å². The van der Waals surface area contributed by atoms with Crippen molar-refractivity contribution >= 4 is 40.5 Å². The lowest BCUT2D eigenvalue weighted by atomic mass is 10.0. The summed E-state index contributed by atoms with van der Waals surface area (Å²) < 4.78 is 23.3. The standard InChI is InChI=1S/C29H29N3O7S/c1-5-32-27(19-13-20(36-3)15-21(14-19)37-4)30-31-29(32)40-25(28(34)35)16-23-22-10-8-7-9-18(22)11-12-24(23)39-17-26(33)38-6-2/h7-16H,5-6,17H2,1-4H3,(H,34,35)/b25-16-. The molecule has 0 amide bonds. The van der Waals surface area contributed by atoms with Crippen molar-refractivity contribution in [2.24, 2.45) is 0 Å². The Bertz CT molecular complexity index is 1540. The van der Waals surface area contributed by atoms with Crippen molar-refractivity contribution in [3.05, 3.63) is 65.1 Å². The number of benzene rings is 3. The van der Waals surface area contributed by atoms with E-state index in [1.807, 2.05) is 54.0 Å². The number of carboxylic acids is 1. The lowest BCUT2D eigenvalue weighted by molar-refractivity contribution is -0.145. The minimum atomic E-state index is -1.15. The molecule has 3 aromatic carbocycles. The van der Waals surface area contributed by atoms with Crippen LogP contribution in [-0.4, -0.2) is 59.2 Å². The van der Waals surface area contributed by atoms with E-state index in [9.17, 15) is 14.7 Å². The van der Waals surface area contributed by atoms with Crippen molar-refractivity contribution in [2.75, 3.05) is 27.4 Å². The Hall–Kier alpha value is -4.51. The fourth-order valence-corrected chi connectivity index (χ4v) is 4.92. The summed E-state index contributed by atoms with van der Waals surface area (Å²) in [7, 11) is 3.12. The van der Waals surface area contributed by atoms with E-state index >= 15 is 0 Å². The first-order valence-electron chi connectivity index (χ1n) is 12.5. The Labute approximate surface area is 235 Å². The van der Waals surface area contributed by atoms with Crippen molar-refractivity contribution in [3.63, 3.8) is 0 Å². The van der Waals surface area contributed by atoms with Crippen molar-refractivity contribution < 1.29 is 33.6 Å². The SMILES string of the molecule is CCOC(=O)COc1ccc2ccccc2c1/C=C(\Sc1nnc(-c2cc(OC)cc(OC)c2)n1CC)C(=O)O. The van der Waals surface area contributed by atoms with E-state index in [2.05, 4.69) is 10.2 Å². The van der Waals surface area contributed by atoms with Gasteiger partial charge in [0.1, 0.15) is 22.2 Å². The highest BCUT2D eigenvalue weighted by Gasteiger charge is 2.21. The van der Waals surface area contributed by atoms with Crippen LogP contribution in [0.3, 0.4) is 0 Å². The van der Waals surface area contributed by atoms with E-state index in [4.69, 9.17) is 18.9 Å². The van der Waals surface area contributed by atoms with Gasteiger partial charge in [0.2, 0.25) is 0 Å². The highest BCUT2D eigenvalue weighted by molar-refractivity contribution is 8.04. The summed E-state index contributed by atoms with van der Waals surface area (Å²) in [6.45, 7) is 4.04. The second-order valence-electron chi connectivity index (χ2n) is 8.36. The van der Waals surface area contributed by atoms with Crippen LogP contribution in [0.2, 0.25) is 0 Å². The zero-order valence-electron chi connectivity index (χ0n) is 22.5. The van der Waals surface area contributed by atoms with Crippen molar-refractivity contribution in [1.29, 1.82) is 0 Å². The van der Waals surface area contributed by atoms with Crippen LogP contribution in [0.25, 0.3) is 28.2 Å². The van der Waals surface area contributed by atoms with Crippen LogP contribution in [0, 0.1) is 0 Å². The molecule has 0 aliphatic heterocycles. The molecule has 1 N–H and O–H groups in total. The first-order chi connectivity index (χ1) is 19.4. The fraction of sp³-hybridized carbons (Fsp3) is 0.241. The molecule has 208 valence electrons. The van der Waals surface area contributed by atoms with E-state index in [0.717, 1.165) is 22.5 Å². The molecular formula is C29H29N3O7S. The molecule has 40 heavy (non-hydrogen) atoms. The number of fused-ring (bicyclic) bond motifs is 1. The number of carboxylic acid groups (broad SMARTS) is 1. The van der Waals surface area contributed by atoms with Gasteiger partial charge < -0.3 is 28.6 Å². The van der Waals surface area contributed by atoms with Gasteiger partial charge in [-0.05, 0) is 60.7 Å². The predicted molar refractivity (Wildman–Crippen MR) is 152 cm³/mol. The van der Waals surface area contributed by atoms with Crippen molar-refractivity contribution in [1.82, 2.24) is 14.8 Å². The summed E-state index contributed by atoms with van der Waals surface area (Å²) in [5.74, 6) is 0.404. The minimum Gasteiger partial charge on any atom is -0.497 e. The van der Waals surface area contributed by atoms with Gasteiger partial charge in [0.25, 0.3) is 0 Å². The number of hydrogen-bond donors (Lipinski definition) is 1. The maximum absolute atomic E-state index is 12.5. The number of esters is 1. The third kappa shape index (κ3) is 6.37. The van der Waals surface area contributed by atoms with Gasteiger partial charge in [0.05, 0.1) is 20.8 Å². The molecule has 4 aromatic rings. The van der Waals surface area contributed by atoms with Crippen LogP contribution in [-0.2, 0) is 20.9 Å². The number of thioether (sulfide) groups is 1. The second kappa shape index (κ2) is 13.0. The maximum atomic E-state index is 12.5. The Morgan fingerprint density at radius 1 is 1.00 bits per heavy atom. The number of carbonyl (C=O) groups excluding carboxylic acids is 1. The van der Waals surface area contributed by atoms with Crippen LogP contribution < -0.4 is 14.2 Å². The molecule has 1 heterocycles. The zero-order chi connectivity index (χ0) is 28.6. The Kier molecular flexibility index (Phi) is 9.28. The Balaban J connectivity index is 1.76. The molecule has 4 rings (SSSR count). The topological polar surface area (TPSA) is 122 Å². The maximum Gasteiger partial charge on any atom is 0.344 e. The van der Waals surface area contributed by atoms with Crippen LogP contribution in [0.1, 0.15) is 19.4 Å². The smallest absolute Gasteiger partial charge is 0.344 e. The van der Waals surface area contributed by atoms with E-state index in [-0.39, 0.29) is 18.1 Å². The average Bonchev–Trinajstić information content (AvgIpc) is 3.38. The average molecular weight is 564 g/mol. The molecule has 0 aliphatic rings. The number of rotatable bonds is 12. The third-order valence-corrected chi connectivity index (χ3v) is 6.91. The number of nitrogens with zero attached hydrogens (tertiary/aromatic N) is 3.